The molecule has 0 aromatic carbocycles. The van der Waals surface area contributed by atoms with E-state index in [-0.39, 0.29) is 0 Å². The molecule has 0 spiro atoms. The van der Waals surface area contributed by atoms with E-state index in [1.807, 2.05) is 0 Å². The van der Waals surface area contributed by atoms with Crippen molar-refractivity contribution in [3.05, 3.63) is 47.1 Å². The van der Waals surface area contributed by atoms with Gasteiger partial charge in [0.05, 0.1) is 28.8 Å². The number of hydrogen-bond donors (Lipinski definition) is 1. The Labute approximate surface area is 141 Å². The molecule has 4 rings (SSSR count). The zero-order valence-electron chi connectivity index (χ0n) is 12.9. The minimum atomic E-state index is 0.476. The number of thiazole rings is 1. The van der Waals surface area contributed by atoms with E-state index in [2.05, 4.69) is 47.6 Å². The minimum Gasteiger partial charge on any atom is -0.364 e. The third-order valence-corrected chi connectivity index (χ3v) is 4.49. The molecule has 0 amide bonds. The van der Waals surface area contributed by atoms with Crippen LogP contribution in [0.1, 0.15) is 17.6 Å². The number of aromatic nitrogens is 7. The van der Waals surface area contributed by atoms with Crippen LogP contribution in [0.4, 0.5) is 5.82 Å². The summed E-state index contributed by atoms with van der Waals surface area (Å²) < 4.78 is 1.60. The van der Waals surface area contributed by atoms with Gasteiger partial charge in [0.1, 0.15) is 12.1 Å². The Bertz CT molecular complexity index is 962. The van der Waals surface area contributed by atoms with Gasteiger partial charge in [0.25, 0.3) is 5.95 Å². The fraction of sp³-hybridized carbons (Fsp3) is 0.200. The van der Waals surface area contributed by atoms with E-state index in [1.165, 1.54) is 6.33 Å². The number of rotatable bonds is 5. The van der Waals surface area contributed by atoms with E-state index in [0.29, 0.717) is 24.0 Å². The van der Waals surface area contributed by atoms with Gasteiger partial charge < -0.3 is 5.32 Å². The molecular formula is C15H14N8S. The molecule has 0 aliphatic rings. The molecule has 4 aromatic rings. The zero-order chi connectivity index (χ0) is 16.4. The van der Waals surface area contributed by atoms with Crippen LogP contribution < -0.4 is 5.32 Å². The summed E-state index contributed by atoms with van der Waals surface area (Å²) in [6.07, 6.45) is 7.51. The number of fused-ring (bicyclic) bond motifs is 1. The predicted molar refractivity (Wildman–Crippen MR) is 91.1 cm³/mol. The lowest BCUT2D eigenvalue weighted by Gasteiger charge is -2.05. The molecule has 4 aromatic heterocycles. The number of nitrogens with one attached hydrogen (secondary N) is 1. The molecule has 0 radical (unpaired) electrons. The van der Waals surface area contributed by atoms with Gasteiger partial charge in [-0.05, 0) is 12.5 Å². The zero-order valence-corrected chi connectivity index (χ0v) is 13.7. The number of anilines is 1. The van der Waals surface area contributed by atoms with E-state index in [9.17, 15) is 0 Å². The third-order valence-electron chi connectivity index (χ3n) is 3.45. The van der Waals surface area contributed by atoms with Crippen molar-refractivity contribution in [3.63, 3.8) is 0 Å². The maximum atomic E-state index is 4.55. The first-order valence-corrected chi connectivity index (χ1v) is 8.36. The topological polar surface area (TPSA) is 94.3 Å². The van der Waals surface area contributed by atoms with Crippen molar-refractivity contribution in [2.45, 2.75) is 19.9 Å². The van der Waals surface area contributed by atoms with Gasteiger partial charge in [-0.2, -0.15) is 9.78 Å². The lowest BCUT2D eigenvalue weighted by molar-refractivity contribution is 0.822. The van der Waals surface area contributed by atoms with Crippen molar-refractivity contribution in [2.75, 3.05) is 5.32 Å². The normalized spacial score (nSPS) is 11.0. The Morgan fingerprint density at radius 2 is 2.04 bits per heavy atom. The van der Waals surface area contributed by atoms with Crippen molar-refractivity contribution < 1.29 is 0 Å². The molecule has 0 aliphatic carbocycles. The first kappa shape index (κ1) is 14.6. The lowest BCUT2D eigenvalue weighted by atomic mass is 10.3. The number of hydrogen-bond acceptors (Lipinski definition) is 8. The quantitative estimate of drug-likeness (QED) is 0.596. The monoisotopic (exact) mass is 338 g/mol. The van der Waals surface area contributed by atoms with Gasteiger partial charge in [0.2, 0.25) is 0 Å². The molecule has 9 heteroatoms. The molecule has 120 valence electrons. The van der Waals surface area contributed by atoms with Crippen molar-refractivity contribution in [3.8, 4) is 5.95 Å². The van der Waals surface area contributed by atoms with Gasteiger partial charge in [-0.1, -0.05) is 6.92 Å². The second-order valence-corrected chi connectivity index (χ2v) is 5.95. The summed E-state index contributed by atoms with van der Waals surface area (Å²) in [5, 5.41) is 11.6. The molecule has 4 heterocycles. The molecule has 0 saturated heterocycles. The third kappa shape index (κ3) is 2.69. The van der Waals surface area contributed by atoms with Crippen LogP contribution in [-0.4, -0.2) is 34.7 Å². The summed E-state index contributed by atoms with van der Waals surface area (Å²) in [5.41, 5.74) is 1.66. The molecule has 0 unspecified atom stereocenters. The van der Waals surface area contributed by atoms with Crippen LogP contribution >= 0.6 is 11.3 Å². The van der Waals surface area contributed by atoms with E-state index in [1.54, 1.807) is 40.7 Å². The van der Waals surface area contributed by atoms with E-state index >= 15 is 0 Å². The second kappa shape index (κ2) is 6.28. The molecule has 0 atom stereocenters. The highest BCUT2D eigenvalue weighted by Gasteiger charge is 2.12. The number of nitrogens with zero attached hydrogens (tertiary/aromatic N) is 7. The standard InChI is InChI=1S/C15H14N8S/c1-2-12-22-10(8-24-12)6-18-13-11-7-21-23(14(11)20-9-19-13)15-16-4-3-5-17-15/h3-5,7-9H,2,6H2,1H3,(H,18,19,20). The lowest BCUT2D eigenvalue weighted by Crippen LogP contribution is -2.05. The summed E-state index contributed by atoms with van der Waals surface area (Å²) in [6, 6.07) is 1.76. The Kier molecular flexibility index (Phi) is 3.83. The maximum absolute atomic E-state index is 4.55. The van der Waals surface area contributed by atoms with Crippen molar-refractivity contribution in [1.82, 2.24) is 34.7 Å². The first-order valence-electron chi connectivity index (χ1n) is 7.48. The molecule has 8 nitrogen and oxygen atoms in total. The molecule has 1 N–H and O–H groups in total. The highest BCUT2D eigenvalue weighted by Crippen LogP contribution is 2.21. The Hall–Kier alpha value is -2.94. The van der Waals surface area contributed by atoms with Gasteiger partial charge in [0.15, 0.2) is 5.65 Å². The van der Waals surface area contributed by atoms with Crippen molar-refractivity contribution in [1.29, 1.82) is 0 Å². The van der Waals surface area contributed by atoms with Gasteiger partial charge >= 0.3 is 0 Å². The van der Waals surface area contributed by atoms with Gasteiger partial charge in [-0.3, -0.25) is 0 Å². The molecule has 0 aliphatic heterocycles. The van der Waals surface area contributed by atoms with Crippen LogP contribution in [0.25, 0.3) is 17.0 Å². The summed E-state index contributed by atoms with van der Waals surface area (Å²) >= 11 is 1.67. The molecule has 0 bridgehead atoms. The fourth-order valence-corrected chi connectivity index (χ4v) is 3.04. The van der Waals surface area contributed by atoms with E-state index < -0.39 is 0 Å². The SMILES string of the molecule is CCc1nc(CNc2ncnc3c2cnn3-c2ncccn2)cs1. The van der Waals surface area contributed by atoms with Crippen molar-refractivity contribution >= 4 is 28.2 Å². The van der Waals surface area contributed by atoms with E-state index in [0.717, 1.165) is 22.5 Å². The Balaban J connectivity index is 1.63. The largest absolute Gasteiger partial charge is 0.364 e. The van der Waals surface area contributed by atoms with Crippen LogP contribution in [0.3, 0.4) is 0 Å². The van der Waals surface area contributed by atoms with Gasteiger partial charge in [-0.25, -0.2) is 24.9 Å². The first-order chi connectivity index (χ1) is 11.8. The van der Waals surface area contributed by atoms with Gasteiger partial charge in [-0.15, -0.1) is 11.3 Å². The predicted octanol–water partition coefficient (Wildman–Crippen LogP) is 2.24. The summed E-state index contributed by atoms with van der Waals surface area (Å²) in [5.74, 6) is 1.19. The minimum absolute atomic E-state index is 0.476. The van der Waals surface area contributed by atoms with Crippen LogP contribution in [0.5, 0.6) is 0 Å². The highest BCUT2D eigenvalue weighted by atomic mass is 32.1. The van der Waals surface area contributed by atoms with E-state index in [4.69, 9.17) is 0 Å². The molecule has 0 fully saturated rings. The Morgan fingerprint density at radius 3 is 2.83 bits per heavy atom. The van der Waals surface area contributed by atoms with Crippen molar-refractivity contribution in [2.24, 2.45) is 0 Å². The summed E-state index contributed by atoms with van der Waals surface area (Å²) in [6.45, 7) is 2.71. The average Bonchev–Trinajstić information content (AvgIpc) is 3.27. The fourth-order valence-electron chi connectivity index (χ4n) is 2.30. The smallest absolute Gasteiger partial charge is 0.252 e. The molecule has 24 heavy (non-hydrogen) atoms. The average molecular weight is 338 g/mol. The summed E-state index contributed by atoms with van der Waals surface area (Å²) in [7, 11) is 0. The Morgan fingerprint density at radius 1 is 1.17 bits per heavy atom. The molecule has 0 saturated carbocycles. The van der Waals surface area contributed by atoms with Crippen LogP contribution in [0, 0.1) is 0 Å². The number of aryl methyl sites for hydroxylation is 1. The summed E-state index contributed by atoms with van der Waals surface area (Å²) in [4.78, 5) is 21.6. The van der Waals surface area contributed by atoms with Crippen LogP contribution in [0.2, 0.25) is 0 Å². The van der Waals surface area contributed by atoms with Crippen LogP contribution in [0.15, 0.2) is 36.4 Å². The maximum Gasteiger partial charge on any atom is 0.252 e. The second-order valence-electron chi connectivity index (χ2n) is 5.00. The van der Waals surface area contributed by atoms with Gasteiger partial charge in [0, 0.05) is 17.8 Å². The van der Waals surface area contributed by atoms with Crippen LogP contribution in [-0.2, 0) is 13.0 Å². The molecular weight excluding hydrogens is 324 g/mol. The highest BCUT2D eigenvalue weighted by molar-refractivity contribution is 7.09.